The summed E-state index contributed by atoms with van der Waals surface area (Å²) in [6.45, 7) is 19.6. The highest BCUT2D eigenvalue weighted by Crippen LogP contribution is 2.21. The van der Waals surface area contributed by atoms with Crippen molar-refractivity contribution in [1.29, 1.82) is 0 Å². The van der Waals surface area contributed by atoms with Crippen LogP contribution >= 0.6 is 0 Å². The molecule has 0 aliphatic carbocycles. The summed E-state index contributed by atoms with van der Waals surface area (Å²) in [6.07, 6.45) is 0. The van der Waals surface area contributed by atoms with E-state index in [0.29, 0.717) is 0 Å². The minimum atomic E-state index is -2.05. The van der Waals surface area contributed by atoms with Crippen LogP contribution in [0.2, 0.25) is 58.9 Å². The lowest BCUT2D eigenvalue weighted by molar-refractivity contribution is 0.343. The molecule has 8 heteroatoms. The second-order valence-electron chi connectivity index (χ2n) is 7.33. The van der Waals surface area contributed by atoms with Crippen molar-refractivity contribution in [2.45, 2.75) is 58.9 Å². The van der Waals surface area contributed by atoms with Crippen LogP contribution in [-0.4, -0.2) is 41.1 Å². The Hall–Kier alpha value is 0.812. The van der Waals surface area contributed by atoms with Gasteiger partial charge in [0.15, 0.2) is 24.1 Å². The first-order valence-electron chi connectivity index (χ1n) is 6.22. The van der Waals surface area contributed by atoms with E-state index in [9.17, 15) is 0 Å². The average molecular weight is 308 g/mol. The molecule has 0 heterocycles. The van der Waals surface area contributed by atoms with Crippen LogP contribution in [0.1, 0.15) is 0 Å². The summed E-state index contributed by atoms with van der Waals surface area (Å²) < 4.78 is 18.7. The summed E-state index contributed by atoms with van der Waals surface area (Å²) >= 11 is 0. The summed E-state index contributed by atoms with van der Waals surface area (Å²) in [6, 6.07) is 0. The number of hydrogen-bond donors (Lipinski definition) is 0. The maximum atomic E-state index is 6.28. The van der Waals surface area contributed by atoms with Crippen molar-refractivity contribution >= 4 is 41.1 Å². The third kappa shape index (κ3) is 10.4. The Kier molecular flexibility index (Phi) is 5.69. The minimum absolute atomic E-state index is 1.54. The zero-order valence-electron chi connectivity index (χ0n) is 13.2. The molecule has 102 valence electrons. The lowest BCUT2D eigenvalue weighted by atomic mass is 10.8. The Morgan fingerprint density at radius 1 is 0.588 bits per heavy atom. The lowest BCUT2D eigenvalue weighted by Crippen LogP contribution is -2.57. The molecule has 17 heavy (non-hydrogen) atoms. The van der Waals surface area contributed by atoms with Crippen LogP contribution in [0.4, 0.5) is 0 Å². The van der Waals surface area contributed by atoms with Crippen LogP contribution in [0, 0.1) is 0 Å². The second kappa shape index (κ2) is 5.43. The normalized spacial score (nSPS) is 17.9. The van der Waals surface area contributed by atoms with Crippen LogP contribution in [0.15, 0.2) is 0 Å². The first kappa shape index (κ1) is 17.8. The summed E-state index contributed by atoms with van der Waals surface area (Å²) in [5.41, 5.74) is 0. The van der Waals surface area contributed by atoms with Crippen molar-refractivity contribution in [3.63, 3.8) is 0 Å². The molecule has 3 nitrogen and oxygen atoms in total. The Morgan fingerprint density at radius 3 is 1.24 bits per heavy atom. The maximum absolute atomic E-state index is 6.28. The number of rotatable bonds is 6. The van der Waals surface area contributed by atoms with Crippen molar-refractivity contribution in [2.75, 3.05) is 0 Å². The van der Waals surface area contributed by atoms with E-state index in [-0.39, 0.29) is 0 Å². The Bertz CT molecular complexity index is 232. The monoisotopic (exact) mass is 308 g/mol. The molecule has 0 aromatic carbocycles. The van der Waals surface area contributed by atoms with E-state index >= 15 is 0 Å². The van der Waals surface area contributed by atoms with Gasteiger partial charge in [-0.05, 0) is 58.9 Å². The van der Waals surface area contributed by atoms with Crippen LogP contribution < -0.4 is 0 Å². The van der Waals surface area contributed by atoms with Crippen molar-refractivity contribution in [3.05, 3.63) is 0 Å². The Morgan fingerprint density at radius 2 is 0.941 bits per heavy atom. The molecule has 0 aliphatic heterocycles. The highest BCUT2D eigenvalue weighted by Gasteiger charge is 2.40. The van der Waals surface area contributed by atoms with E-state index in [1.54, 1.807) is 0 Å². The van der Waals surface area contributed by atoms with Crippen molar-refractivity contribution in [1.82, 2.24) is 0 Å². The minimum Gasteiger partial charge on any atom is -0.442 e. The van der Waals surface area contributed by atoms with E-state index in [1.165, 1.54) is 0 Å². The molecule has 0 aromatic rings. The number of hydrogen-bond acceptors (Lipinski definition) is 3. The van der Waals surface area contributed by atoms with Gasteiger partial charge in [0, 0.05) is 0 Å². The summed E-state index contributed by atoms with van der Waals surface area (Å²) in [4.78, 5) is 0. The first-order valence-corrected chi connectivity index (χ1v) is 18.7. The zero-order valence-corrected chi connectivity index (χ0v) is 17.2. The second-order valence-corrected chi connectivity index (χ2v) is 23.8. The molecular formula is C9H29BO3Si4. The quantitative estimate of drug-likeness (QED) is 0.706. The van der Waals surface area contributed by atoms with Gasteiger partial charge in [-0.2, -0.15) is 0 Å². The van der Waals surface area contributed by atoms with Gasteiger partial charge in [0.25, 0.3) is 8.43 Å². The fraction of sp³-hybridized carbons (Fsp3) is 1.00. The Labute approximate surface area is 112 Å². The molecule has 0 fully saturated rings. The molecule has 0 saturated heterocycles. The molecular weight excluding hydrogens is 279 g/mol. The molecule has 0 N–H and O–H groups in total. The van der Waals surface area contributed by atoms with Gasteiger partial charge in [-0.25, -0.2) is 0 Å². The predicted molar refractivity (Wildman–Crippen MR) is 87.6 cm³/mol. The fourth-order valence-electron chi connectivity index (χ4n) is 2.11. The summed E-state index contributed by atoms with van der Waals surface area (Å²) in [5, 5.41) is 0. The molecule has 0 spiro atoms. The van der Waals surface area contributed by atoms with Crippen molar-refractivity contribution < 1.29 is 12.3 Å². The topological polar surface area (TPSA) is 27.7 Å². The van der Waals surface area contributed by atoms with Gasteiger partial charge in [-0.15, -0.1) is 0 Å². The molecule has 0 saturated carbocycles. The highest BCUT2D eigenvalue weighted by atomic mass is 28.5. The van der Waals surface area contributed by atoms with Gasteiger partial charge < -0.3 is 12.3 Å². The lowest BCUT2D eigenvalue weighted by Gasteiger charge is -2.39. The maximum Gasteiger partial charge on any atom is 0.312 e. The van der Waals surface area contributed by atoms with Crippen molar-refractivity contribution in [3.8, 4) is 0 Å². The SMILES string of the molecule is B[Si](C)(O[Si](C)(C)C)O[Si](C)(C)O[Si](C)(C)C. The Balaban J connectivity index is 4.59. The van der Waals surface area contributed by atoms with Gasteiger partial charge in [-0.3, -0.25) is 0 Å². The van der Waals surface area contributed by atoms with Crippen LogP contribution in [0.3, 0.4) is 0 Å². The van der Waals surface area contributed by atoms with Gasteiger partial charge in [0.2, 0.25) is 0 Å². The molecule has 1 unspecified atom stereocenters. The smallest absolute Gasteiger partial charge is 0.312 e. The largest absolute Gasteiger partial charge is 0.442 e. The zero-order chi connectivity index (χ0) is 14.1. The van der Waals surface area contributed by atoms with Crippen molar-refractivity contribution in [2.24, 2.45) is 0 Å². The standard InChI is InChI=1S/C9H29BO3Si4/c1-14(2,3)11-16(7,8)13-17(9,10)12-15(4,5)6/h10H2,1-9H3. The molecule has 0 rings (SSSR count). The third-order valence-corrected chi connectivity index (χ3v) is 14.4. The summed E-state index contributed by atoms with van der Waals surface area (Å²) in [7, 11) is -5.05. The van der Waals surface area contributed by atoms with Gasteiger partial charge in [0.05, 0.1) is 0 Å². The van der Waals surface area contributed by atoms with Crippen LogP contribution in [-0.2, 0) is 12.3 Å². The molecule has 0 radical (unpaired) electrons. The molecule has 1 atom stereocenters. The fourth-order valence-corrected chi connectivity index (χ4v) is 19.7. The average Bonchev–Trinajstić information content (AvgIpc) is 1.65. The van der Waals surface area contributed by atoms with Gasteiger partial charge >= 0.3 is 8.56 Å². The molecule has 0 aliphatic rings. The summed E-state index contributed by atoms with van der Waals surface area (Å²) in [5.74, 6) is 0. The molecule has 0 bridgehead atoms. The van der Waals surface area contributed by atoms with Crippen LogP contribution in [0.5, 0.6) is 0 Å². The van der Waals surface area contributed by atoms with Crippen LogP contribution in [0.25, 0.3) is 0 Å². The molecule has 0 aromatic heterocycles. The van der Waals surface area contributed by atoms with E-state index in [1.807, 2.05) is 0 Å². The van der Waals surface area contributed by atoms with E-state index < -0.39 is 33.6 Å². The first-order chi connectivity index (χ1) is 7.12. The van der Waals surface area contributed by atoms with Gasteiger partial charge in [-0.1, -0.05) is 0 Å². The van der Waals surface area contributed by atoms with E-state index in [4.69, 9.17) is 12.3 Å². The third-order valence-electron chi connectivity index (χ3n) is 1.60. The van der Waals surface area contributed by atoms with E-state index in [2.05, 4.69) is 66.4 Å². The van der Waals surface area contributed by atoms with E-state index in [0.717, 1.165) is 0 Å². The van der Waals surface area contributed by atoms with Gasteiger partial charge in [0.1, 0.15) is 0 Å². The highest BCUT2D eigenvalue weighted by molar-refractivity contribution is 7.14. The molecule has 0 amide bonds. The predicted octanol–water partition coefficient (Wildman–Crippen LogP) is 2.61.